The van der Waals surface area contributed by atoms with Gasteiger partial charge in [0.15, 0.2) is 6.29 Å². The molecule has 0 fully saturated rings. The highest BCUT2D eigenvalue weighted by Crippen LogP contribution is 1.87. The van der Waals surface area contributed by atoms with Crippen LogP contribution in [0.5, 0.6) is 0 Å². The fourth-order valence-corrected chi connectivity index (χ4v) is 0.167. The average Bonchev–Trinajstić information content (AvgIpc) is 1.65. The average molecular weight is 89.1 g/mol. The molecule has 0 aliphatic rings. The van der Waals surface area contributed by atoms with Gasteiger partial charge in [0.2, 0.25) is 0 Å². The van der Waals surface area contributed by atoms with Gasteiger partial charge in [-0.1, -0.05) is 6.92 Å². The molecule has 0 amide bonds. The number of hydrogen-bond donors (Lipinski definition) is 0. The molecule has 0 saturated carbocycles. The maximum atomic E-state index is 10.0. The summed E-state index contributed by atoms with van der Waals surface area (Å²) in [5, 5.41) is 10.0. The summed E-state index contributed by atoms with van der Waals surface area (Å²) in [7, 11) is 1.42. The third kappa shape index (κ3) is 2.18. The van der Waals surface area contributed by atoms with E-state index >= 15 is 0 Å². The lowest BCUT2D eigenvalue weighted by Gasteiger charge is -1.97. The monoisotopic (exact) mass is 89.1 g/mol. The molecule has 0 saturated heterocycles. The van der Waals surface area contributed by atoms with Crippen molar-refractivity contribution in [2.75, 3.05) is 7.11 Å². The Balaban J connectivity index is 2.75. The third-order valence-electron chi connectivity index (χ3n) is 0.596. The van der Waals surface area contributed by atoms with Crippen LogP contribution in [0, 0.1) is 0 Å². The van der Waals surface area contributed by atoms with Crippen LogP contribution in [-0.2, 0) is 9.84 Å². The van der Waals surface area contributed by atoms with Gasteiger partial charge in [0, 0.05) is 7.11 Å². The second-order valence-electron chi connectivity index (χ2n) is 1.07. The lowest BCUT2D eigenvalue weighted by molar-refractivity contribution is -0.119. The SMILES string of the molecule is CCC([O])OC. The van der Waals surface area contributed by atoms with Crippen LogP contribution in [0.2, 0.25) is 0 Å². The first-order valence-electron chi connectivity index (χ1n) is 2.00. The van der Waals surface area contributed by atoms with Gasteiger partial charge in [0.25, 0.3) is 0 Å². The Hall–Kier alpha value is -0.0800. The molecule has 1 radical (unpaired) electrons. The maximum absolute atomic E-state index is 10.0. The van der Waals surface area contributed by atoms with Gasteiger partial charge in [-0.3, -0.25) is 0 Å². The smallest absolute Gasteiger partial charge is 0.190 e. The van der Waals surface area contributed by atoms with E-state index in [1.54, 1.807) is 6.92 Å². The Labute approximate surface area is 37.7 Å². The second kappa shape index (κ2) is 3.12. The highest BCUT2D eigenvalue weighted by Gasteiger charge is 1.93. The van der Waals surface area contributed by atoms with Crippen molar-refractivity contribution in [3.05, 3.63) is 0 Å². The largest absolute Gasteiger partial charge is 0.353 e. The predicted molar refractivity (Wildman–Crippen MR) is 21.8 cm³/mol. The van der Waals surface area contributed by atoms with E-state index in [1.165, 1.54) is 7.11 Å². The summed E-state index contributed by atoms with van der Waals surface area (Å²) in [6.07, 6.45) is -0.263. The molecule has 0 bridgehead atoms. The molecule has 0 heterocycles. The van der Waals surface area contributed by atoms with E-state index in [2.05, 4.69) is 4.74 Å². The normalized spacial score (nSPS) is 14.5. The predicted octanol–water partition coefficient (Wildman–Crippen LogP) is 0.799. The van der Waals surface area contributed by atoms with Crippen molar-refractivity contribution < 1.29 is 9.84 Å². The minimum absolute atomic E-state index is 0.552. The Bertz CT molecular complexity index is 24.7. The summed E-state index contributed by atoms with van der Waals surface area (Å²) in [5.41, 5.74) is 0. The van der Waals surface area contributed by atoms with Crippen LogP contribution >= 0.6 is 0 Å². The van der Waals surface area contributed by atoms with E-state index in [-0.39, 0.29) is 0 Å². The molecule has 0 aromatic heterocycles. The van der Waals surface area contributed by atoms with Crippen LogP contribution in [-0.4, -0.2) is 13.4 Å². The lowest BCUT2D eigenvalue weighted by atomic mass is 10.5. The second-order valence-corrected chi connectivity index (χ2v) is 1.07. The van der Waals surface area contributed by atoms with E-state index in [0.29, 0.717) is 6.42 Å². The molecular weight excluding hydrogens is 80.0 g/mol. The lowest BCUT2D eigenvalue weighted by Crippen LogP contribution is -2.02. The van der Waals surface area contributed by atoms with Crippen LogP contribution in [0.25, 0.3) is 0 Å². The van der Waals surface area contributed by atoms with Gasteiger partial charge < -0.3 is 4.74 Å². The van der Waals surface area contributed by atoms with Crippen molar-refractivity contribution in [2.45, 2.75) is 19.6 Å². The minimum atomic E-state index is -0.815. The summed E-state index contributed by atoms with van der Waals surface area (Å²) in [4.78, 5) is 0. The Morgan fingerprint density at radius 3 is 2.33 bits per heavy atom. The van der Waals surface area contributed by atoms with Crippen molar-refractivity contribution in [3.8, 4) is 0 Å². The van der Waals surface area contributed by atoms with Gasteiger partial charge >= 0.3 is 0 Å². The van der Waals surface area contributed by atoms with Crippen molar-refractivity contribution in [1.82, 2.24) is 0 Å². The van der Waals surface area contributed by atoms with Crippen LogP contribution in [0.1, 0.15) is 13.3 Å². The molecule has 2 heteroatoms. The van der Waals surface area contributed by atoms with Gasteiger partial charge in [0.05, 0.1) is 0 Å². The summed E-state index contributed by atoms with van der Waals surface area (Å²) >= 11 is 0. The van der Waals surface area contributed by atoms with Gasteiger partial charge in [-0.05, 0) is 6.42 Å². The first-order valence-corrected chi connectivity index (χ1v) is 2.00. The molecule has 0 N–H and O–H groups in total. The summed E-state index contributed by atoms with van der Waals surface area (Å²) in [5.74, 6) is 0. The molecule has 0 aromatic rings. The highest BCUT2D eigenvalue weighted by molar-refractivity contribution is 4.26. The molecule has 0 rings (SSSR count). The van der Waals surface area contributed by atoms with Crippen LogP contribution in [0.15, 0.2) is 0 Å². The van der Waals surface area contributed by atoms with Crippen molar-refractivity contribution in [3.63, 3.8) is 0 Å². The van der Waals surface area contributed by atoms with Crippen molar-refractivity contribution >= 4 is 0 Å². The molecule has 6 heavy (non-hydrogen) atoms. The number of rotatable bonds is 2. The first kappa shape index (κ1) is 5.92. The fraction of sp³-hybridized carbons (Fsp3) is 1.00. The van der Waals surface area contributed by atoms with Crippen LogP contribution in [0.4, 0.5) is 0 Å². The summed E-state index contributed by atoms with van der Waals surface area (Å²) < 4.78 is 4.34. The van der Waals surface area contributed by atoms with E-state index < -0.39 is 6.29 Å². The molecule has 2 nitrogen and oxygen atoms in total. The minimum Gasteiger partial charge on any atom is -0.353 e. The van der Waals surface area contributed by atoms with Crippen LogP contribution < -0.4 is 0 Å². The Morgan fingerprint density at radius 2 is 2.33 bits per heavy atom. The van der Waals surface area contributed by atoms with Crippen molar-refractivity contribution in [2.24, 2.45) is 0 Å². The molecule has 0 spiro atoms. The topological polar surface area (TPSA) is 29.1 Å². The van der Waals surface area contributed by atoms with Gasteiger partial charge in [-0.25, -0.2) is 5.11 Å². The molecule has 0 aromatic carbocycles. The number of methoxy groups -OCH3 is 1. The van der Waals surface area contributed by atoms with E-state index in [9.17, 15) is 5.11 Å². The standard InChI is InChI=1S/C4H9O2/c1-3-4(5)6-2/h4H,3H2,1-2H3. The zero-order valence-electron chi connectivity index (χ0n) is 4.10. The molecule has 0 aliphatic carbocycles. The third-order valence-corrected chi connectivity index (χ3v) is 0.596. The van der Waals surface area contributed by atoms with Crippen molar-refractivity contribution in [1.29, 1.82) is 0 Å². The number of ether oxygens (including phenoxy) is 1. The summed E-state index contributed by atoms with van der Waals surface area (Å²) in [6, 6.07) is 0. The molecule has 0 aliphatic heterocycles. The maximum Gasteiger partial charge on any atom is 0.190 e. The molecule has 37 valence electrons. The summed E-state index contributed by atoms with van der Waals surface area (Å²) in [6.45, 7) is 1.79. The zero-order chi connectivity index (χ0) is 4.99. The fourth-order valence-electron chi connectivity index (χ4n) is 0.167. The Morgan fingerprint density at radius 1 is 1.83 bits per heavy atom. The molecule has 1 unspecified atom stereocenters. The van der Waals surface area contributed by atoms with Crippen LogP contribution in [0.3, 0.4) is 0 Å². The van der Waals surface area contributed by atoms with E-state index in [0.717, 1.165) is 0 Å². The first-order chi connectivity index (χ1) is 2.81. The quantitative estimate of drug-likeness (QED) is 0.460. The molecule has 1 atom stereocenters. The zero-order valence-corrected chi connectivity index (χ0v) is 4.10. The van der Waals surface area contributed by atoms with Gasteiger partial charge in [-0.15, -0.1) is 0 Å². The highest BCUT2D eigenvalue weighted by atomic mass is 16.6. The van der Waals surface area contributed by atoms with E-state index in [1.807, 2.05) is 0 Å². The van der Waals surface area contributed by atoms with E-state index in [4.69, 9.17) is 0 Å². The van der Waals surface area contributed by atoms with Gasteiger partial charge in [-0.2, -0.15) is 0 Å². The molecular formula is C4H9O2. The van der Waals surface area contributed by atoms with Gasteiger partial charge in [0.1, 0.15) is 0 Å². The Kier molecular flexibility index (Phi) is 3.08. The number of hydrogen-bond acceptors (Lipinski definition) is 1.